The van der Waals surface area contributed by atoms with E-state index in [2.05, 4.69) is 15.8 Å². The summed E-state index contributed by atoms with van der Waals surface area (Å²) in [7, 11) is 3.91. The molecule has 0 unspecified atom stereocenters. The van der Waals surface area contributed by atoms with Crippen molar-refractivity contribution in [1.29, 1.82) is 0 Å². The second-order valence-corrected chi connectivity index (χ2v) is 7.98. The van der Waals surface area contributed by atoms with Crippen molar-refractivity contribution in [2.75, 3.05) is 24.3 Å². The zero-order valence-electron chi connectivity index (χ0n) is 17.9. The Balaban J connectivity index is 1.56. The fourth-order valence-corrected chi connectivity index (χ4v) is 3.58. The summed E-state index contributed by atoms with van der Waals surface area (Å²) in [6.45, 7) is 1.84. The first-order valence-electron chi connectivity index (χ1n) is 10.5. The summed E-state index contributed by atoms with van der Waals surface area (Å²) in [5, 5.41) is 7.22. The van der Waals surface area contributed by atoms with Crippen LogP contribution >= 0.6 is 0 Å². The number of nitrogens with zero attached hydrogens (tertiary/aromatic N) is 2. The Bertz CT molecular complexity index is 896. The number of nitrogens with one attached hydrogen (secondary N) is 2. The molecule has 0 radical (unpaired) electrons. The second-order valence-electron chi connectivity index (χ2n) is 7.98. The van der Waals surface area contributed by atoms with Gasteiger partial charge in [0.15, 0.2) is 0 Å². The molecule has 1 saturated carbocycles. The van der Waals surface area contributed by atoms with Crippen molar-refractivity contribution in [2.24, 2.45) is 11.0 Å². The third kappa shape index (κ3) is 5.69. The lowest BCUT2D eigenvalue weighted by atomic mass is 9.88. The minimum absolute atomic E-state index is 0.111. The number of benzene rings is 2. The van der Waals surface area contributed by atoms with Gasteiger partial charge in [0.05, 0.1) is 5.71 Å². The molecular formula is C24H30N4O2. The zero-order chi connectivity index (χ0) is 21.5. The van der Waals surface area contributed by atoms with Crippen LogP contribution < -0.4 is 15.6 Å². The van der Waals surface area contributed by atoms with Gasteiger partial charge >= 0.3 is 0 Å². The van der Waals surface area contributed by atoms with Gasteiger partial charge in [-0.05, 0) is 61.7 Å². The predicted octanol–water partition coefficient (Wildman–Crippen LogP) is 4.43. The summed E-state index contributed by atoms with van der Waals surface area (Å²) >= 11 is 0. The number of rotatable bonds is 6. The summed E-state index contributed by atoms with van der Waals surface area (Å²) in [6.07, 6.45) is 5.46. The molecule has 0 atom stereocenters. The van der Waals surface area contributed by atoms with Crippen molar-refractivity contribution < 1.29 is 9.59 Å². The maximum Gasteiger partial charge on any atom is 0.271 e. The van der Waals surface area contributed by atoms with Crippen molar-refractivity contribution in [3.63, 3.8) is 0 Å². The Kier molecular flexibility index (Phi) is 7.22. The second kappa shape index (κ2) is 10.1. The molecule has 1 fully saturated rings. The van der Waals surface area contributed by atoms with Gasteiger partial charge in [0.2, 0.25) is 5.91 Å². The SMILES string of the molecule is CC(=NNC(=O)c1ccc(N(C)C)cc1)c1ccc(NC(=O)C2CCCCC2)cc1. The number of carbonyl (C=O) groups excluding carboxylic acids is 2. The molecule has 2 N–H and O–H groups in total. The lowest BCUT2D eigenvalue weighted by molar-refractivity contribution is -0.120. The first-order chi connectivity index (χ1) is 14.4. The van der Waals surface area contributed by atoms with Crippen LogP contribution in [0.1, 0.15) is 54.9 Å². The molecule has 0 aliphatic heterocycles. The monoisotopic (exact) mass is 406 g/mol. The van der Waals surface area contributed by atoms with Gasteiger partial charge in [-0.3, -0.25) is 9.59 Å². The smallest absolute Gasteiger partial charge is 0.271 e. The molecule has 158 valence electrons. The molecule has 6 heteroatoms. The quantitative estimate of drug-likeness (QED) is 0.551. The van der Waals surface area contributed by atoms with E-state index in [4.69, 9.17) is 0 Å². The number of hydrogen-bond acceptors (Lipinski definition) is 4. The number of amides is 2. The molecule has 1 aliphatic rings. The first-order valence-corrected chi connectivity index (χ1v) is 10.5. The van der Waals surface area contributed by atoms with Crippen LogP contribution in [0.4, 0.5) is 11.4 Å². The Morgan fingerprint density at radius 2 is 1.50 bits per heavy atom. The predicted molar refractivity (Wildman–Crippen MR) is 122 cm³/mol. The van der Waals surface area contributed by atoms with Gasteiger partial charge in [-0.25, -0.2) is 5.43 Å². The summed E-state index contributed by atoms with van der Waals surface area (Å²) in [4.78, 5) is 26.7. The van der Waals surface area contributed by atoms with Gasteiger partial charge in [0.25, 0.3) is 5.91 Å². The van der Waals surface area contributed by atoms with Crippen LogP contribution in [0, 0.1) is 5.92 Å². The van der Waals surface area contributed by atoms with Gasteiger partial charge in [-0.1, -0.05) is 31.4 Å². The molecular weight excluding hydrogens is 376 g/mol. The number of hydrogen-bond donors (Lipinski definition) is 2. The molecule has 1 aliphatic carbocycles. The fraction of sp³-hybridized carbons (Fsp3) is 0.375. The minimum Gasteiger partial charge on any atom is -0.378 e. The van der Waals surface area contributed by atoms with Crippen LogP contribution in [0.2, 0.25) is 0 Å². The molecule has 0 saturated heterocycles. The third-order valence-electron chi connectivity index (χ3n) is 5.52. The van der Waals surface area contributed by atoms with Crippen molar-refractivity contribution in [3.05, 3.63) is 59.7 Å². The summed E-state index contributed by atoms with van der Waals surface area (Å²) < 4.78 is 0. The molecule has 2 aromatic rings. The highest BCUT2D eigenvalue weighted by atomic mass is 16.2. The van der Waals surface area contributed by atoms with E-state index in [-0.39, 0.29) is 17.7 Å². The number of carbonyl (C=O) groups is 2. The topological polar surface area (TPSA) is 73.8 Å². The van der Waals surface area contributed by atoms with E-state index in [1.807, 2.05) is 62.3 Å². The Hall–Kier alpha value is -3.15. The van der Waals surface area contributed by atoms with E-state index < -0.39 is 0 Å². The fourth-order valence-electron chi connectivity index (χ4n) is 3.58. The third-order valence-corrected chi connectivity index (χ3v) is 5.52. The van der Waals surface area contributed by atoms with E-state index in [1.165, 1.54) is 6.42 Å². The molecule has 30 heavy (non-hydrogen) atoms. The molecule has 2 aromatic carbocycles. The molecule has 0 aromatic heterocycles. The van der Waals surface area contributed by atoms with Crippen LogP contribution in [0.15, 0.2) is 53.6 Å². The van der Waals surface area contributed by atoms with Gasteiger partial charge in [0, 0.05) is 37.0 Å². The molecule has 3 rings (SSSR count). The van der Waals surface area contributed by atoms with Crippen LogP contribution in [-0.4, -0.2) is 31.6 Å². The lowest BCUT2D eigenvalue weighted by Crippen LogP contribution is -2.24. The standard InChI is InChI=1S/C24H30N4O2/c1-17(26-27-24(30)20-11-15-22(16-12-20)28(2)3)18-9-13-21(14-10-18)25-23(29)19-7-5-4-6-8-19/h9-16,19H,4-8H2,1-3H3,(H,25,29)(H,27,30). The van der Waals surface area contributed by atoms with Gasteiger partial charge in [-0.2, -0.15) is 5.10 Å². The summed E-state index contributed by atoms with van der Waals surface area (Å²) in [5.41, 5.74) is 6.55. The molecule has 2 amide bonds. The van der Waals surface area contributed by atoms with Crippen LogP contribution in [0.5, 0.6) is 0 Å². The molecule has 6 nitrogen and oxygen atoms in total. The Morgan fingerprint density at radius 1 is 0.900 bits per heavy atom. The average molecular weight is 407 g/mol. The van der Waals surface area contributed by atoms with Crippen molar-refractivity contribution >= 4 is 28.9 Å². The first kappa shape index (κ1) is 21.6. The largest absolute Gasteiger partial charge is 0.378 e. The Morgan fingerprint density at radius 3 is 2.10 bits per heavy atom. The van der Waals surface area contributed by atoms with Gasteiger partial charge in [-0.15, -0.1) is 0 Å². The normalized spacial score (nSPS) is 14.8. The maximum absolute atomic E-state index is 12.4. The van der Waals surface area contributed by atoms with Crippen molar-refractivity contribution in [2.45, 2.75) is 39.0 Å². The lowest BCUT2D eigenvalue weighted by Gasteiger charge is -2.20. The van der Waals surface area contributed by atoms with Crippen LogP contribution in [0.25, 0.3) is 0 Å². The molecule has 0 bridgehead atoms. The summed E-state index contributed by atoms with van der Waals surface area (Å²) in [6, 6.07) is 14.9. The zero-order valence-corrected chi connectivity index (χ0v) is 17.9. The van der Waals surface area contributed by atoms with Crippen molar-refractivity contribution in [3.8, 4) is 0 Å². The average Bonchev–Trinajstić information content (AvgIpc) is 2.78. The number of anilines is 2. The van der Waals surface area contributed by atoms with Gasteiger partial charge in [0.1, 0.15) is 0 Å². The highest BCUT2D eigenvalue weighted by Crippen LogP contribution is 2.25. The van der Waals surface area contributed by atoms with Crippen LogP contribution in [-0.2, 0) is 4.79 Å². The van der Waals surface area contributed by atoms with E-state index in [1.54, 1.807) is 12.1 Å². The Labute approximate surface area is 178 Å². The van der Waals surface area contributed by atoms with Gasteiger partial charge < -0.3 is 10.2 Å². The minimum atomic E-state index is -0.254. The molecule has 0 heterocycles. The van der Waals surface area contributed by atoms with Crippen molar-refractivity contribution in [1.82, 2.24) is 5.43 Å². The van der Waals surface area contributed by atoms with E-state index in [9.17, 15) is 9.59 Å². The van der Waals surface area contributed by atoms with E-state index in [0.29, 0.717) is 11.3 Å². The highest BCUT2D eigenvalue weighted by Gasteiger charge is 2.20. The van der Waals surface area contributed by atoms with E-state index in [0.717, 1.165) is 42.6 Å². The van der Waals surface area contributed by atoms with Crippen LogP contribution in [0.3, 0.4) is 0 Å². The highest BCUT2D eigenvalue weighted by molar-refractivity contribution is 6.01. The number of hydrazone groups is 1. The molecule has 0 spiro atoms. The van der Waals surface area contributed by atoms with E-state index >= 15 is 0 Å². The summed E-state index contributed by atoms with van der Waals surface area (Å²) in [5.74, 6) is -0.0138. The maximum atomic E-state index is 12.4.